The van der Waals surface area contributed by atoms with Crippen molar-refractivity contribution in [3.8, 4) is 0 Å². The fraction of sp³-hybridized carbons (Fsp3) is 0. The standard InChI is InChI=1S/2Na.H2O4S2.Zn.2H/c;;1-5(2)6(3)4;;;/h;;(H,1,2)(H,3,4);;;/q2*+1;;;2*-1. The van der Waals surface area contributed by atoms with Crippen LogP contribution in [-0.4, -0.2) is 17.5 Å². The SMILES string of the molecule is O=S(O)S(=O)O.[H-].[H-].[Na+].[Na+].[Zn]. The van der Waals surface area contributed by atoms with Gasteiger partial charge in [0.1, 0.15) is 0 Å². The second-order valence-corrected chi connectivity index (χ2v) is 3.01. The molecule has 0 amide bonds. The van der Waals surface area contributed by atoms with Crippen LogP contribution in [0.25, 0.3) is 0 Å². The van der Waals surface area contributed by atoms with Crippen molar-refractivity contribution in [2.45, 2.75) is 0 Å². The van der Waals surface area contributed by atoms with E-state index in [0.29, 0.717) is 0 Å². The first-order valence-electron chi connectivity index (χ1n) is 0.865. The molecule has 44 valence electrons. The second kappa shape index (κ2) is 13.4. The number of rotatable bonds is 1. The Bertz CT molecular complexity index is 90.1. The molecule has 4 nitrogen and oxygen atoms in total. The summed E-state index contributed by atoms with van der Waals surface area (Å²) in [7, 11) is -5.18. The van der Waals surface area contributed by atoms with Gasteiger partial charge in [0.2, 0.25) is 0 Å². The van der Waals surface area contributed by atoms with Crippen LogP contribution in [0.4, 0.5) is 0 Å². The molecule has 0 aliphatic carbocycles. The molecular formula is H4Na2O4S2Zn. The maximum atomic E-state index is 9.26. The van der Waals surface area contributed by atoms with Crippen LogP contribution in [0.15, 0.2) is 0 Å². The van der Waals surface area contributed by atoms with Crippen molar-refractivity contribution in [3.05, 3.63) is 0 Å². The second-order valence-electron chi connectivity index (χ2n) is 0.434. The van der Waals surface area contributed by atoms with E-state index in [9.17, 15) is 8.42 Å². The molecule has 9 heteroatoms. The Balaban J connectivity index is -0.0000000125. The molecule has 0 aliphatic heterocycles. The minimum absolute atomic E-state index is 0. The fourth-order valence-electron chi connectivity index (χ4n) is 0. The Hall–Kier alpha value is 2.84. The Morgan fingerprint density at radius 3 is 1.11 bits per heavy atom. The minimum Gasteiger partial charge on any atom is -1.00 e. The summed E-state index contributed by atoms with van der Waals surface area (Å²) in [5.74, 6) is 0. The molecule has 0 bridgehead atoms. The van der Waals surface area contributed by atoms with Crippen molar-refractivity contribution in [3.63, 3.8) is 0 Å². The molecule has 0 spiro atoms. The molecule has 2 atom stereocenters. The van der Waals surface area contributed by atoms with Crippen molar-refractivity contribution in [2.24, 2.45) is 0 Å². The van der Waals surface area contributed by atoms with Gasteiger partial charge < -0.3 is 2.85 Å². The fourth-order valence-corrected chi connectivity index (χ4v) is 0. The molecule has 0 aliphatic rings. The summed E-state index contributed by atoms with van der Waals surface area (Å²) in [6.45, 7) is 0. The quantitative estimate of drug-likeness (QED) is 0.273. The largest absolute Gasteiger partial charge is 1.00 e. The zero-order valence-corrected chi connectivity index (χ0v) is 13.8. The average molecular weight is 244 g/mol. The van der Waals surface area contributed by atoms with E-state index in [1.165, 1.54) is 0 Å². The third-order valence-electron chi connectivity index (χ3n) is 0.122. The zero-order chi connectivity index (χ0) is 5.15. The summed E-state index contributed by atoms with van der Waals surface area (Å²) in [6.07, 6.45) is 0. The Morgan fingerprint density at radius 2 is 1.11 bits per heavy atom. The summed E-state index contributed by atoms with van der Waals surface area (Å²) in [6, 6.07) is 0. The van der Waals surface area contributed by atoms with E-state index in [1.807, 2.05) is 0 Å². The summed E-state index contributed by atoms with van der Waals surface area (Å²) >= 11 is 0. The van der Waals surface area contributed by atoms with Crippen molar-refractivity contribution < 1.29 is 99.0 Å². The number of hydrogen-bond donors (Lipinski definition) is 2. The molecular weight excluding hydrogens is 240 g/mol. The van der Waals surface area contributed by atoms with Crippen LogP contribution in [-0.2, 0) is 39.7 Å². The summed E-state index contributed by atoms with van der Waals surface area (Å²) in [5, 5.41) is 0. The van der Waals surface area contributed by atoms with Crippen molar-refractivity contribution in [2.75, 3.05) is 0 Å². The molecule has 0 aromatic carbocycles. The van der Waals surface area contributed by atoms with E-state index in [-0.39, 0.29) is 81.4 Å². The number of hydrogen-bond acceptors (Lipinski definition) is 2. The molecule has 0 aromatic rings. The third-order valence-corrected chi connectivity index (χ3v) is 1.10. The van der Waals surface area contributed by atoms with Gasteiger partial charge in [-0.25, -0.2) is 8.42 Å². The first kappa shape index (κ1) is 22.6. The van der Waals surface area contributed by atoms with Crippen LogP contribution < -0.4 is 59.1 Å². The zero-order valence-electron chi connectivity index (χ0n) is 7.23. The van der Waals surface area contributed by atoms with E-state index in [0.717, 1.165) is 0 Å². The molecule has 0 heterocycles. The van der Waals surface area contributed by atoms with E-state index in [1.54, 1.807) is 0 Å². The first-order chi connectivity index (χ1) is 2.64. The first-order valence-corrected chi connectivity index (χ1v) is 3.60. The maximum absolute atomic E-state index is 9.26. The molecule has 0 saturated heterocycles. The van der Waals surface area contributed by atoms with Crippen LogP contribution in [0, 0.1) is 0 Å². The van der Waals surface area contributed by atoms with Gasteiger partial charge >= 0.3 is 59.1 Å². The Kier molecular flexibility index (Phi) is 33.8. The molecule has 0 rings (SSSR count). The molecule has 0 fully saturated rings. The summed E-state index contributed by atoms with van der Waals surface area (Å²) in [5.41, 5.74) is 0. The van der Waals surface area contributed by atoms with Gasteiger partial charge in [-0.3, -0.25) is 9.11 Å². The van der Waals surface area contributed by atoms with Gasteiger partial charge in [-0.1, -0.05) is 0 Å². The van der Waals surface area contributed by atoms with Crippen LogP contribution in [0.1, 0.15) is 2.85 Å². The van der Waals surface area contributed by atoms with Gasteiger partial charge in [-0.2, -0.15) is 0 Å². The van der Waals surface area contributed by atoms with Gasteiger partial charge in [-0.15, -0.1) is 0 Å². The Labute approximate surface area is 117 Å². The van der Waals surface area contributed by atoms with Gasteiger partial charge in [0.05, 0.1) is 0 Å². The summed E-state index contributed by atoms with van der Waals surface area (Å²) < 4.78 is 33.6. The maximum Gasteiger partial charge on any atom is 1.00 e. The van der Waals surface area contributed by atoms with Gasteiger partial charge in [0.15, 0.2) is 0 Å². The van der Waals surface area contributed by atoms with Crippen LogP contribution in [0.3, 0.4) is 0 Å². The van der Waals surface area contributed by atoms with Gasteiger partial charge in [0.25, 0.3) is 20.2 Å². The van der Waals surface area contributed by atoms with Crippen LogP contribution in [0.2, 0.25) is 0 Å². The van der Waals surface area contributed by atoms with Crippen molar-refractivity contribution in [1.82, 2.24) is 0 Å². The van der Waals surface area contributed by atoms with Crippen molar-refractivity contribution in [1.29, 1.82) is 0 Å². The molecule has 0 aromatic heterocycles. The van der Waals surface area contributed by atoms with E-state index < -0.39 is 20.2 Å². The van der Waals surface area contributed by atoms with Gasteiger partial charge in [0, 0.05) is 19.5 Å². The minimum atomic E-state index is -2.59. The Morgan fingerprint density at radius 1 is 1.00 bits per heavy atom. The predicted octanol–water partition coefficient (Wildman–Crippen LogP) is -6.42. The van der Waals surface area contributed by atoms with Crippen LogP contribution in [0.5, 0.6) is 0 Å². The molecule has 2 unspecified atom stereocenters. The van der Waals surface area contributed by atoms with E-state index in [4.69, 9.17) is 9.11 Å². The molecule has 9 heavy (non-hydrogen) atoms. The molecule has 0 saturated carbocycles. The van der Waals surface area contributed by atoms with Crippen LogP contribution >= 0.6 is 0 Å². The molecule has 0 radical (unpaired) electrons. The van der Waals surface area contributed by atoms with Crippen molar-refractivity contribution >= 4 is 20.2 Å². The smallest absolute Gasteiger partial charge is 1.00 e. The predicted molar refractivity (Wildman–Crippen MR) is 23.8 cm³/mol. The molecule has 2 N–H and O–H groups in total. The topological polar surface area (TPSA) is 74.6 Å². The average Bonchev–Trinajstić information content (AvgIpc) is 1.36. The summed E-state index contributed by atoms with van der Waals surface area (Å²) in [4.78, 5) is 0. The van der Waals surface area contributed by atoms with E-state index in [2.05, 4.69) is 0 Å². The monoisotopic (exact) mass is 242 g/mol. The third kappa shape index (κ3) is 18.1. The normalized spacial score (nSPS) is 13.1. The van der Waals surface area contributed by atoms with Gasteiger partial charge in [-0.05, 0) is 0 Å². The van der Waals surface area contributed by atoms with E-state index >= 15 is 0 Å².